The molecule has 11 aromatic rings. The quantitative estimate of drug-likeness (QED) is 0.188. The molecule has 242 valence electrons. The average Bonchev–Trinajstić information content (AvgIpc) is 3.77. The maximum Gasteiger partial charge on any atom is 0.149 e. The highest BCUT2D eigenvalue weighted by molar-refractivity contribution is 6.12. The van der Waals surface area contributed by atoms with E-state index < -0.39 is 0 Å². The summed E-state index contributed by atoms with van der Waals surface area (Å²) in [6, 6.07) is 65.1. The van der Waals surface area contributed by atoms with Gasteiger partial charge in [0.05, 0.1) is 27.6 Å². The number of aromatic nitrogens is 4. The van der Waals surface area contributed by atoms with Crippen molar-refractivity contribution >= 4 is 60.2 Å². The van der Waals surface area contributed by atoms with Gasteiger partial charge in [0.15, 0.2) is 0 Å². The Balaban J connectivity index is 1.09. The molecule has 3 heterocycles. The fourth-order valence-corrected chi connectivity index (χ4v) is 7.97. The highest BCUT2D eigenvalue weighted by atomic mass is 15.1. The van der Waals surface area contributed by atoms with Crippen LogP contribution in [0.15, 0.2) is 182 Å². The summed E-state index contributed by atoms with van der Waals surface area (Å²) in [5.74, 6) is 0.888. The van der Waals surface area contributed by atoms with Crippen LogP contribution in [0.5, 0.6) is 0 Å². The molecule has 3 aromatic heterocycles. The zero-order valence-corrected chi connectivity index (χ0v) is 28.1. The predicted molar refractivity (Wildman–Crippen MR) is 216 cm³/mol. The number of para-hydroxylation sites is 3. The van der Waals surface area contributed by atoms with Crippen molar-refractivity contribution in [2.24, 2.45) is 0 Å². The van der Waals surface area contributed by atoms with Gasteiger partial charge in [0.1, 0.15) is 11.5 Å². The summed E-state index contributed by atoms with van der Waals surface area (Å²) in [4.78, 5) is 10.3. The first-order chi connectivity index (χ1) is 25.8. The summed E-state index contributed by atoms with van der Waals surface area (Å²) in [6.07, 6.45) is 0. The van der Waals surface area contributed by atoms with Crippen LogP contribution in [0.4, 0.5) is 0 Å². The Labute approximate surface area is 299 Å². The number of hydrogen-bond acceptors (Lipinski definition) is 2. The van der Waals surface area contributed by atoms with Crippen LogP contribution in [0.2, 0.25) is 0 Å². The molecular formula is C48H30N4. The van der Waals surface area contributed by atoms with E-state index in [-0.39, 0.29) is 0 Å². The third-order valence-electron chi connectivity index (χ3n) is 10.5. The van der Waals surface area contributed by atoms with Gasteiger partial charge in [0.2, 0.25) is 0 Å². The second-order valence-electron chi connectivity index (χ2n) is 13.5. The number of imidazole rings is 1. The van der Waals surface area contributed by atoms with E-state index >= 15 is 0 Å². The molecule has 8 aromatic carbocycles. The zero-order valence-electron chi connectivity index (χ0n) is 28.1. The first-order valence-corrected chi connectivity index (χ1v) is 17.7. The van der Waals surface area contributed by atoms with Gasteiger partial charge in [-0.25, -0.2) is 9.97 Å². The maximum absolute atomic E-state index is 5.21. The highest BCUT2D eigenvalue weighted by Gasteiger charge is 2.17. The summed E-state index contributed by atoms with van der Waals surface area (Å²) in [5, 5.41) is 5.86. The minimum absolute atomic E-state index is 0.888. The van der Waals surface area contributed by atoms with E-state index in [1.54, 1.807) is 0 Å². The molecule has 0 aliphatic rings. The molecule has 0 saturated carbocycles. The molecule has 0 fully saturated rings. The van der Waals surface area contributed by atoms with Gasteiger partial charge < -0.3 is 4.57 Å². The van der Waals surface area contributed by atoms with Crippen molar-refractivity contribution in [1.29, 1.82) is 0 Å². The van der Waals surface area contributed by atoms with Gasteiger partial charge in [-0.1, -0.05) is 115 Å². The molecule has 0 radical (unpaired) electrons. The van der Waals surface area contributed by atoms with Crippen LogP contribution in [0.25, 0.3) is 99.5 Å². The Kier molecular flexibility index (Phi) is 6.22. The van der Waals surface area contributed by atoms with Crippen LogP contribution >= 0.6 is 0 Å². The minimum Gasteiger partial charge on any atom is -0.309 e. The van der Waals surface area contributed by atoms with E-state index in [1.807, 2.05) is 12.1 Å². The van der Waals surface area contributed by atoms with Crippen molar-refractivity contribution in [3.05, 3.63) is 182 Å². The third-order valence-corrected chi connectivity index (χ3v) is 10.5. The molecule has 4 heteroatoms. The molecule has 4 nitrogen and oxygen atoms in total. The smallest absolute Gasteiger partial charge is 0.149 e. The number of fused-ring (bicyclic) bond motifs is 9. The standard InChI is InChI=1S/C48H30N4/c1-3-11-31(12-4-1)35-22-25-44-40(29-35)41-30-36(32-13-5-2-6-14-32)23-26-45(41)51(44)38-24-21-33-27-37(20-19-34(33)28-38)47-49-42-16-8-7-15-39(42)48-50-43-17-9-10-18-46(43)52(47)48/h1-30H. The van der Waals surface area contributed by atoms with Crippen LogP contribution in [-0.2, 0) is 0 Å². The lowest BCUT2D eigenvalue weighted by atomic mass is 10.0. The summed E-state index contributed by atoms with van der Waals surface area (Å²) in [6.45, 7) is 0. The first kappa shape index (κ1) is 28.8. The van der Waals surface area contributed by atoms with Crippen molar-refractivity contribution in [3.63, 3.8) is 0 Å². The van der Waals surface area contributed by atoms with E-state index in [0.717, 1.165) is 50.0 Å². The monoisotopic (exact) mass is 662 g/mol. The van der Waals surface area contributed by atoms with Crippen LogP contribution in [0, 0.1) is 0 Å². The van der Waals surface area contributed by atoms with Gasteiger partial charge in [-0.2, -0.15) is 0 Å². The number of nitrogens with zero attached hydrogens (tertiary/aromatic N) is 4. The molecule has 0 aliphatic heterocycles. The SMILES string of the molecule is c1ccc(-c2ccc3c(c2)c2cc(-c4ccccc4)ccc2n3-c2ccc3cc(-c4nc5ccccc5c5nc6ccccc6n45)ccc3c2)cc1. The molecule has 0 aliphatic carbocycles. The first-order valence-electron chi connectivity index (χ1n) is 17.7. The lowest BCUT2D eigenvalue weighted by molar-refractivity contribution is 1.16. The van der Waals surface area contributed by atoms with Crippen molar-refractivity contribution in [2.45, 2.75) is 0 Å². The highest BCUT2D eigenvalue weighted by Crippen LogP contribution is 2.38. The molecule has 0 unspecified atom stereocenters. The summed E-state index contributed by atoms with van der Waals surface area (Å²) in [5.41, 5.74) is 13.3. The molecule has 0 atom stereocenters. The second-order valence-corrected chi connectivity index (χ2v) is 13.5. The van der Waals surface area contributed by atoms with E-state index in [0.29, 0.717) is 0 Å². The Morgan fingerprint density at radius 1 is 0.346 bits per heavy atom. The Hall–Kier alpha value is -7.04. The zero-order chi connectivity index (χ0) is 34.2. The van der Waals surface area contributed by atoms with E-state index in [9.17, 15) is 0 Å². The topological polar surface area (TPSA) is 35.1 Å². The lowest BCUT2D eigenvalue weighted by Gasteiger charge is -2.12. The predicted octanol–water partition coefficient (Wildman–Crippen LogP) is 12.3. The van der Waals surface area contributed by atoms with Crippen LogP contribution in [0.1, 0.15) is 0 Å². The fraction of sp³-hybridized carbons (Fsp3) is 0. The van der Waals surface area contributed by atoms with Crippen LogP contribution in [-0.4, -0.2) is 18.9 Å². The molecule has 0 saturated heterocycles. The molecule has 52 heavy (non-hydrogen) atoms. The van der Waals surface area contributed by atoms with Crippen molar-refractivity contribution in [3.8, 4) is 39.3 Å². The van der Waals surface area contributed by atoms with Gasteiger partial charge in [0, 0.05) is 27.4 Å². The van der Waals surface area contributed by atoms with Gasteiger partial charge in [0.25, 0.3) is 0 Å². The normalized spacial score (nSPS) is 11.8. The molecule has 0 bridgehead atoms. The third kappa shape index (κ3) is 4.41. The number of rotatable bonds is 4. The van der Waals surface area contributed by atoms with E-state index in [4.69, 9.17) is 9.97 Å². The summed E-state index contributed by atoms with van der Waals surface area (Å²) in [7, 11) is 0. The Morgan fingerprint density at radius 3 is 1.63 bits per heavy atom. The molecule has 0 spiro atoms. The molecule has 0 amide bonds. The summed E-state index contributed by atoms with van der Waals surface area (Å²) >= 11 is 0. The largest absolute Gasteiger partial charge is 0.309 e. The van der Waals surface area contributed by atoms with E-state index in [2.05, 4.69) is 179 Å². The summed E-state index contributed by atoms with van der Waals surface area (Å²) < 4.78 is 4.62. The van der Waals surface area contributed by atoms with Gasteiger partial charge in [-0.05, 0) is 99.8 Å². The Morgan fingerprint density at radius 2 is 0.923 bits per heavy atom. The van der Waals surface area contributed by atoms with E-state index in [1.165, 1.54) is 49.4 Å². The lowest BCUT2D eigenvalue weighted by Crippen LogP contribution is -1.98. The van der Waals surface area contributed by atoms with Gasteiger partial charge in [-0.15, -0.1) is 0 Å². The van der Waals surface area contributed by atoms with Gasteiger partial charge >= 0.3 is 0 Å². The maximum atomic E-state index is 5.21. The Bertz CT molecular complexity index is 3080. The van der Waals surface area contributed by atoms with Crippen molar-refractivity contribution in [1.82, 2.24) is 18.9 Å². The average molecular weight is 663 g/mol. The number of benzene rings is 8. The number of hydrogen-bond donors (Lipinski definition) is 0. The van der Waals surface area contributed by atoms with Gasteiger partial charge in [-0.3, -0.25) is 4.40 Å². The minimum atomic E-state index is 0.888. The molecule has 0 N–H and O–H groups in total. The molecular weight excluding hydrogens is 633 g/mol. The molecule has 11 rings (SSSR count). The fourth-order valence-electron chi connectivity index (χ4n) is 7.97. The second kappa shape index (κ2) is 11.2. The van der Waals surface area contributed by atoms with Crippen LogP contribution < -0.4 is 0 Å². The van der Waals surface area contributed by atoms with Crippen LogP contribution in [0.3, 0.4) is 0 Å². The van der Waals surface area contributed by atoms with Crippen molar-refractivity contribution < 1.29 is 0 Å². The van der Waals surface area contributed by atoms with Crippen molar-refractivity contribution in [2.75, 3.05) is 0 Å².